The van der Waals surface area contributed by atoms with Gasteiger partial charge in [-0.25, -0.2) is 5.01 Å². The highest BCUT2D eigenvalue weighted by atomic mass is 35.5. The predicted molar refractivity (Wildman–Crippen MR) is 70.5 cm³/mol. The van der Waals surface area contributed by atoms with Crippen molar-refractivity contribution < 1.29 is 9.53 Å². The minimum Gasteiger partial charge on any atom is -0.484 e. The van der Waals surface area contributed by atoms with Crippen molar-refractivity contribution >= 4 is 17.5 Å². The van der Waals surface area contributed by atoms with Crippen LogP contribution in [0.5, 0.6) is 5.75 Å². The van der Waals surface area contributed by atoms with E-state index in [9.17, 15) is 4.79 Å². The van der Waals surface area contributed by atoms with Crippen molar-refractivity contribution in [1.82, 2.24) is 10.4 Å². The maximum absolute atomic E-state index is 11.6. The van der Waals surface area contributed by atoms with E-state index in [2.05, 4.69) is 5.43 Å². The molecule has 1 aromatic rings. The average molecular weight is 269 g/mol. The first-order chi connectivity index (χ1) is 8.74. The number of ether oxygens (including phenoxy) is 1. The van der Waals surface area contributed by atoms with Crippen LogP contribution in [0.1, 0.15) is 19.3 Å². The zero-order valence-electron chi connectivity index (χ0n) is 10.2. The van der Waals surface area contributed by atoms with E-state index in [0.29, 0.717) is 10.8 Å². The Morgan fingerprint density at radius 2 is 1.89 bits per heavy atom. The summed E-state index contributed by atoms with van der Waals surface area (Å²) in [6.07, 6.45) is 3.52. The fourth-order valence-corrected chi connectivity index (χ4v) is 2.02. The Morgan fingerprint density at radius 3 is 2.56 bits per heavy atom. The number of hydrogen-bond acceptors (Lipinski definition) is 3. The first-order valence-electron chi connectivity index (χ1n) is 6.17. The fraction of sp³-hybridized carbons (Fsp3) is 0.462. The number of nitrogens with zero attached hydrogens (tertiary/aromatic N) is 1. The molecule has 1 aromatic carbocycles. The zero-order chi connectivity index (χ0) is 12.8. The molecule has 1 saturated heterocycles. The second-order valence-electron chi connectivity index (χ2n) is 4.33. The van der Waals surface area contributed by atoms with Gasteiger partial charge in [0.05, 0.1) is 0 Å². The Balaban J connectivity index is 1.72. The Kier molecular flexibility index (Phi) is 4.84. The van der Waals surface area contributed by atoms with E-state index in [1.165, 1.54) is 6.42 Å². The number of amides is 1. The molecule has 1 amide bonds. The van der Waals surface area contributed by atoms with Crippen LogP contribution in [0, 0.1) is 0 Å². The highest BCUT2D eigenvalue weighted by Crippen LogP contribution is 2.15. The van der Waals surface area contributed by atoms with Gasteiger partial charge in [-0.2, -0.15) is 0 Å². The Morgan fingerprint density at radius 1 is 1.22 bits per heavy atom. The van der Waals surface area contributed by atoms with Crippen molar-refractivity contribution in [2.75, 3.05) is 19.7 Å². The molecule has 0 spiro atoms. The summed E-state index contributed by atoms with van der Waals surface area (Å²) in [4.78, 5) is 11.6. The van der Waals surface area contributed by atoms with Crippen LogP contribution in [0.4, 0.5) is 0 Å². The topological polar surface area (TPSA) is 41.6 Å². The molecule has 1 fully saturated rings. The minimum absolute atomic E-state index is 0.0259. The maximum Gasteiger partial charge on any atom is 0.272 e. The van der Waals surface area contributed by atoms with E-state index in [-0.39, 0.29) is 12.5 Å². The molecule has 4 nitrogen and oxygen atoms in total. The van der Waals surface area contributed by atoms with E-state index in [4.69, 9.17) is 16.3 Å². The number of halogens is 1. The van der Waals surface area contributed by atoms with Crippen LogP contribution >= 0.6 is 11.6 Å². The molecule has 2 rings (SSSR count). The zero-order valence-corrected chi connectivity index (χ0v) is 10.9. The molecule has 98 valence electrons. The lowest BCUT2D eigenvalue weighted by Gasteiger charge is -2.26. The molecule has 0 aromatic heterocycles. The summed E-state index contributed by atoms with van der Waals surface area (Å²) < 4.78 is 5.37. The standard InChI is InChI=1S/C13H17ClN2O2/c14-11-4-6-12(7-5-11)18-10-13(17)15-16-8-2-1-3-9-16/h4-7H,1-3,8-10H2,(H,15,17). The first kappa shape index (κ1) is 13.2. The molecule has 0 radical (unpaired) electrons. The summed E-state index contributed by atoms with van der Waals surface area (Å²) in [7, 11) is 0. The van der Waals surface area contributed by atoms with Gasteiger partial charge in [0.1, 0.15) is 5.75 Å². The first-order valence-corrected chi connectivity index (χ1v) is 6.54. The van der Waals surface area contributed by atoms with Crippen LogP contribution in [0.15, 0.2) is 24.3 Å². The van der Waals surface area contributed by atoms with E-state index in [1.807, 2.05) is 5.01 Å². The van der Waals surface area contributed by atoms with Gasteiger partial charge in [0.2, 0.25) is 0 Å². The van der Waals surface area contributed by atoms with Crippen LogP contribution in [-0.2, 0) is 4.79 Å². The van der Waals surface area contributed by atoms with Gasteiger partial charge in [0.25, 0.3) is 5.91 Å². The molecule has 0 atom stereocenters. The smallest absolute Gasteiger partial charge is 0.272 e. The van der Waals surface area contributed by atoms with Gasteiger partial charge in [-0.3, -0.25) is 10.2 Å². The molecule has 0 bridgehead atoms. The molecule has 0 aliphatic carbocycles. The second-order valence-corrected chi connectivity index (χ2v) is 4.76. The Bertz CT molecular complexity index is 388. The lowest BCUT2D eigenvalue weighted by Crippen LogP contribution is -2.46. The highest BCUT2D eigenvalue weighted by molar-refractivity contribution is 6.30. The summed E-state index contributed by atoms with van der Waals surface area (Å²) in [5.74, 6) is 0.528. The van der Waals surface area contributed by atoms with E-state index < -0.39 is 0 Å². The van der Waals surface area contributed by atoms with Gasteiger partial charge >= 0.3 is 0 Å². The van der Waals surface area contributed by atoms with Crippen LogP contribution < -0.4 is 10.2 Å². The van der Waals surface area contributed by atoms with Gasteiger partial charge < -0.3 is 4.74 Å². The number of nitrogens with one attached hydrogen (secondary N) is 1. The molecule has 18 heavy (non-hydrogen) atoms. The lowest BCUT2D eigenvalue weighted by molar-refractivity contribution is -0.128. The summed E-state index contributed by atoms with van der Waals surface area (Å²) in [6, 6.07) is 6.96. The molecule has 0 saturated carbocycles. The summed E-state index contributed by atoms with van der Waals surface area (Å²) in [6.45, 7) is 1.87. The quantitative estimate of drug-likeness (QED) is 0.911. The van der Waals surface area contributed by atoms with Crippen molar-refractivity contribution in [2.45, 2.75) is 19.3 Å². The number of benzene rings is 1. The number of carbonyl (C=O) groups is 1. The van der Waals surface area contributed by atoms with E-state index in [0.717, 1.165) is 25.9 Å². The molecular formula is C13H17ClN2O2. The third-order valence-corrected chi connectivity index (χ3v) is 3.07. The SMILES string of the molecule is O=C(COc1ccc(Cl)cc1)NN1CCCCC1. The average Bonchev–Trinajstić information content (AvgIpc) is 2.39. The van der Waals surface area contributed by atoms with E-state index in [1.54, 1.807) is 24.3 Å². The van der Waals surface area contributed by atoms with Crippen LogP contribution in [0.2, 0.25) is 5.02 Å². The third kappa shape index (κ3) is 4.20. The molecule has 1 aliphatic heterocycles. The van der Waals surface area contributed by atoms with E-state index >= 15 is 0 Å². The number of hydrogen-bond donors (Lipinski definition) is 1. The predicted octanol–water partition coefficient (Wildman–Crippen LogP) is 2.24. The third-order valence-electron chi connectivity index (χ3n) is 2.82. The molecule has 5 heteroatoms. The monoisotopic (exact) mass is 268 g/mol. The maximum atomic E-state index is 11.6. The number of rotatable bonds is 4. The van der Waals surface area contributed by atoms with Crippen LogP contribution in [-0.4, -0.2) is 30.6 Å². The van der Waals surface area contributed by atoms with Crippen molar-refractivity contribution in [2.24, 2.45) is 0 Å². The van der Waals surface area contributed by atoms with Gasteiger partial charge in [-0.15, -0.1) is 0 Å². The van der Waals surface area contributed by atoms with Gasteiger partial charge in [-0.1, -0.05) is 18.0 Å². The van der Waals surface area contributed by atoms with Gasteiger partial charge in [-0.05, 0) is 37.1 Å². The second kappa shape index (κ2) is 6.61. The van der Waals surface area contributed by atoms with Crippen molar-refractivity contribution in [3.8, 4) is 5.75 Å². The molecule has 1 aliphatic rings. The normalized spacial score (nSPS) is 16.3. The molecule has 0 unspecified atom stereocenters. The molecule has 1 N–H and O–H groups in total. The number of hydrazine groups is 1. The van der Waals surface area contributed by atoms with Gasteiger partial charge in [0, 0.05) is 18.1 Å². The largest absolute Gasteiger partial charge is 0.484 e. The Labute approximate surface area is 112 Å². The van der Waals surface area contributed by atoms with Crippen LogP contribution in [0.25, 0.3) is 0 Å². The van der Waals surface area contributed by atoms with Crippen molar-refractivity contribution in [1.29, 1.82) is 0 Å². The molecule has 1 heterocycles. The van der Waals surface area contributed by atoms with Crippen molar-refractivity contribution in [3.05, 3.63) is 29.3 Å². The van der Waals surface area contributed by atoms with Crippen LogP contribution in [0.3, 0.4) is 0 Å². The van der Waals surface area contributed by atoms with Gasteiger partial charge in [0.15, 0.2) is 6.61 Å². The number of piperidine rings is 1. The molecular weight excluding hydrogens is 252 g/mol. The lowest BCUT2D eigenvalue weighted by atomic mass is 10.2. The van der Waals surface area contributed by atoms with Crippen molar-refractivity contribution in [3.63, 3.8) is 0 Å². The fourth-order valence-electron chi connectivity index (χ4n) is 1.89. The number of carbonyl (C=O) groups excluding carboxylic acids is 1. The summed E-state index contributed by atoms with van der Waals surface area (Å²) in [5.41, 5.74) is 2.84. The summed E-state index contributed by atoms with van der Waals surface area (Å²) >= 11 is 5.76. The minimum atomic E-state index is -0.119. The highest BCUT2D eigenvalue weighted by Gasteiger charge is 2.12. The summed E-state index contributed by atoms with van der Waals surface area (Å²) in [5, 5.41) is 2.61. The Hall–Kier alpha value is -1.26.